The topological polar surface area (TPSA) is 90.5 Å². The number of nitrogens with zero attached hydrogens (tertiary/aromatic N) is 3. The van der Waals surface area contributed by atoms with Crippen molar-refractivity contribution >= 4 is 27.9 Å². The molecule has 1 atom stereocenters. The van der Waals surface area contributed by atoms with Crippen LogP contribution in [0, 0.1) is 13.8 Å². The van der Waals surface area contributed by atoms with Crippen molar-refractivity contribution in [1.82, 2.24) is 14.7 Å². The van der Waals surface area contributed by atoms with Crippen LogP contribution in [-0.2, 0) is 4.74 Å². The molecular weight excluding hydrogens is 400 g/mol. The van der Waals surface area contributed by atoms with Gasteiger partial charge >= 0.3 is 12.0 Å². The van der Waals surface area contributed by atoms with E-state index in [2.05, 4.69) is 21.0 Å². The number of amides is 2. The number of rotatable bonds is 4. The maximum Gasteiger partial charge on any atom is 0.341 e. The monoisotopic (exact) mass is 420 g/mol. The number of ether oxygens (including phenoxy) is 1. The third kappa shape index (κ3) is 3.60. The lowest BCUT2D eigenvalue weighted by molar-refractivity contribution is 0.0420. The second kappa shape index (κ2) is 7.49. The van der Waals surface area contributed by atoms with E-state index in [0.717, 1.165) is 23.0 Å². The van der Waals surface area contributed by atoms with Crippen molar-refractivity contribution < 1.29 is 14.3 Å². The lowest BCUT2D eigenvalue weighted by Gasteiger charge is -2.22. The molecule has 8 heteroatoms. The van der Waals surface area contributed by atoms with Crippen LogP contribution in [0.5, 0.6) is 0 Å². The summed E-state index contributed by atoms with van der Waals surface area (Å²) >= 11 is 3.41. The molecule has 0 radical (unpaired) electrons. The van der Waals surface area contributed by atoms with E-state index in [1.54, 1.807) is 16.5 Å². The number of primary amides is 1. The molecule has 0 spiro atoms. The number of carbonyl (C=O) groups is 2. The van der Waals surface area contributed by atoms with Gasteiger partial charge in [0, 0.05) is 11.0 Å². The summed E-state index contributed by atoms with van der Waals surface area (Å²) in [5, 5.41) is 4.47. The molecule has 2 aromatic rings. The average Bonchev–Trinajstić information content (AvgIpc) is 3.18. The quantitative estimate of drug-likeness (QED) is 0.769. The summed E-state index contributed by atoms with van der Waals surface area (Å²) in [6, 6.07) is 7.05. The molecule has 0 saturated carbocycles. The Labute approximate surface area is 160 Å². The molecule has 1 fully saturated rings. The van der Waals surface area contributed by atoms with Crippen LogP contribution >= 0.6 is 15.9 Å². The van der Waals surface area contributed by atoms with Crippen molar-refractivity contribution in [2.45, 2.75) is 32.7 Å². The van der Waals surface area contributed by atoms with E-state index < -0.39 is 12.0 Å². The SMILES string of the molecule is Cc1nn(-c2ccc(Br)cc2)c(C)c1C(=O)OC[C@@H]1CCCN1C(N)=O. The fourth-order valence-corrected chi connectivity index (χ4v) is 3.58. The summed E-state index contributed by atoms with van der Waals surface area (Å²) in [7, 11) is 0. The third-order valence-electron chi connectivity index (χ3n) is 4.63. The molecule has 1 saturated heterocycles. The average molecular weight is 421 g/mol. The first kappa shape index (κ1) is 18.4. The van der Waals surface area contributed by atoms with Gasteiger partial charge in [0.2, 0.25) is 0 Å². The number of benzene rings is 1. The van der Waals surface area contributed by atoms with Gasteiger partial charge < -0.3 is 15.4 Å². The van der Waals surface area contributed by atoms with Crippen LogP contribution in [0.4, 0.5) is 4.79 Å². The number of urea groups is 1. The van der Waals surface area contributed by atoms with Crippen LogP contribution < -0.4 is 5.73 Å². The number of hydrogen-bond donors (Lipinski definition) is 1. The van der Waals surface area contributed by atoms with E-state index in [0.29, 0.717) is 23.5 Å². The minimum Gasteiger partial charge on any atom is -0.460 e. The number of nitrogens with two attached hydrogens (primary N) is 1. The molecular formula is C18H21BrN4O3. The highest BCUT2D eigenvalue weighted by Crippen LogP contribution is 2.22. The van der Waals surface area contributed by atoms with Gasteiger partial charge in [0.25, 0.3) is 0 Å². The highest BCUT2D eigenvalue weighted by molar-refractivity contribution is 9.10. The molecule has 138 valence electrons. The molecule has 0 bridgehead atoms. The van der Waals surface area contributed by atoms with Gasteiger partial charge in [-0.25, -0.2) is 14.3 Å². The highest BCUT2D eigenvalue weighted by atomic mass is 79.9. The molecule has 1 aromatic heterocycles. The van der Waals surface area contributed by atoms with Crippen molar-refractivity contribution in [3.05, 3.63) is 45.7 Å². The number of hydrogen-bond acceptors (Lipinski definition) is 4. The van der Waals surface area contributed by atoms with Gasteiger partial charge in [0.15, 0.2) is 0 Å². The zero-order chi connectivity index (χ0) is 18.8. The first-order chi connectivity index (χ1) is 12.4. The van der Waals surface area contributed by atoms with Crippen molar-refractivity contribution in [3.63, 3.8) is 0 Å². The normalized spacial score (nSPS) is 16.7. The lowest BCUT2D eigenvalue weighted by Crippen LogP contribution is -2.42. The molecule has 7 nitrogen and oxygen atoms in total. The van der Waals surface area contributed by atoms with E-state index in [4.69, 9.17) is 10.5 Å². The molecule has 0 aliphatic carbocycles. The lowest BCUT2D eigenvalue weighted by atomic mass is 10.2. The molecule has 1 aliphatic rings. The first-order valence-corrected chi connectivity index (χ1v) is 9.23. The van der Waals surface area contributed by atoms with E-state index in [1.807, 2.05) is 31.2 Å². The number of likely N-dealkylation sites (tertiary alicyclic amines) is 1. The Morgan fingerprint density at radius 3 is 2.65 bits per heavy atom. The molecule has 2 heterocycles. The zero-order valence-corrected chi connectivity index (χ0v) is 16.3. The van der Waals surface area contributed by atoms with Crippen molar-refractivity contribution in [1.29, 1.82) is 0 Å². The minimum absolute atomic E-state index is 0.143. The van der Waals surface area contributed by atoms with Gasteiger partial charge in [-0.3, -0.25) is 0 Å². The summed E-state index contributed by atoms with van der Waals surface area (Å²) in [4.78, 5) is 25.6. The smallest absolute Gasteiger partial charge is 0.341 e. The molecule has 2 amide bonds. The fourth-order valence-electron chi connectivity index (χ4n) is 3.31. The van der Waals surface area contributed by atoms with Gasteiger partial charge in [0.05, 0.1) is 23.1 Å². The molecule has 3 rings (SSSR count). The van der Waals surface area contributed by atoms with Gasteiger partial charge in [-0.05, 0) is 51.0 Å². The fraction of sp³-hybridized carbons (Fsp3) is 0.389. The van der Waals surface area contributed by atoms with Crippen LogP contribution in [-0.4, -0.2) is 45.9 Å². The molecule has 1 aliphatic heterocycles. The predicted molar refractivity (Wildman–Crippen MR) is 100 cm³/mol. The Hall–Kier alpha value is -2.35. The van der Waals surface area contributed by atoms with Crippen molar-refractivity contribution in [3.8, 4) is 5.69 Å². The molecule has 26 heavy (non-hydrogen) atoms. The van der Waals surface area contributed by atoms with E-state index >= 15 is 0 Å². The summed E-state index contributed by atoms with van der Waals surface area (Å²) in [6.07, 6.45) is 1.65. The predicted octanol–water partition coefficient (Wildman–Crippen LogP) is 2.95. The van der Waals surface area contributed by atoms with Crippen LogP contribution in [0.1, 0.15) is 34.6 Å². The first-order valence-electron chi connectivity index (χ1n) is 8.44. The number of aryl methyl sites for hydroxylation is 1. The summed E-state index contributed by atoms with van der Waals surface area (Å²) in [5.41, 5.74) is 8.00. The molecule has 1 aromatic carbocycles. The van der Waals surface area contributed by atoms with Gasteiger partial charge in [0.1, 0.15) is 12.2 Å². The number of esters is 1. The Morgan fingerprint density at radius 2 is 2.00 bits per heavy atom. The van der Waals surface area contributed by atoms with Crippen LogP contribution in [0.15, 0.2) is 28.7 Å². The highest BCUT2D eigenvalue weighted by Gasteiger charge is 2.29. The van der Waals surface area contributed by atoms with E-state index in [9.17, 15) is 9.59 Å². The van der Waals surface area contributed by atoms with Crippen LogP contribution in [0.3, 0.4) is 0 Å². The maximum atomic E-state index is 12.6. The standard InChI is InChI=1S/C18H21BrN4O3/c1-11-16(12(2)23(21-11)14-7-5-13(19)6-8-14)17(24)26-10-15-4-3-9-22(15)18(20)25/h5-8,15H,3-4,9-10H2,1-2H3,(H2,20,25)/t15-/m0/s1. The van der Waals surface area contributed by atoms with Gasteiger partial charge in [-0.2, -0.15) is 5.10 Å². The second-order valence-corrected chi connectivity index (χ2v) is 7.28. The Morgan fingerprint density at radius 1 is 1.31 bits per heavy atom. The zero-order valence-electron chi connectivity index (χ0n) is 14.7. The Kier molecular flexibility index (Phi) is 5.31. The summed E-state index contributed by atoms with van der Waals surface area (Å²) in [6.45, 7) is 4.37. The molecule has 0 unspecified atom stereocenters. The maximum absolute atomic E-state index is 12.6. The summed E-state index contributed by atoms with van der Waals surface area (Å²) < 4.78 is 8.17. The van der Waals surface area contributed by atoms with Gasteiger partial charge in [-0.1, -0.05) is 15.9 Å². The van der Waals surface area contributed by atoms with Crippen molar-refractivity contribution in [2.24, 2.45) is 5.73 Å². The van der Waals surface area contributed by atoms with Crippen LogP contribution in [0.25, 0.3) is 5.69 Å². The summed E-state index contributed by atoms with van der Waals surface area (Å²) in [5.74, 6) is -0.431. The van der Waals surface area contributed by atoms with Crippen LogP contribution in [0.2, 0.25) is 0 Å². The number of halogens is 1. The number of aromatic nitrogens is 2. The minimum atomic E-state index is -0.473. The van der Waals surface area contributed by atoms with Crippen molar-refractivity contribution in [2.75, 3.05) is 13.2 Å². The third-order valence-corrected chi connectivity index (χ3v) is 5.16. The van der Waals surface area contributed by atoms with E-state index in [1.165, 1.54) is 0 Å². The second-order valence-electron chi connectivity index (χ2n) is 6.36. The number of carbonyl (C=O) groups excluding carboxylic acids is 2. The Bertz CT molecular complexity index is 832. The Balaban J connectivity index is 1.75. The largest absolute Gasteiger partial charge is 0.460 e. The van der Waals surface area contributed by atoms with Gasteiger partial charge in [-0.15, -0.1) is 0 Å². The van der Waals surface area contributed by atoms with E-state index in [-0.39, 0.29) is 12.6 Å². The molecule has 2 N–H and O–H groups in total.